The van der Waals surface area contributed by atoms with Gasteiger partial charge in [-0.3, -0.25) is 0 Å². The molecule has 0 aliphatic rings. The summed E-state index contributed by atoms with van der Waals surface area (Å²) in [5, 5.41) is 0. The number of aryl methyl sites for hydroxylation is 1. The van der Waals surface area contributed by atoms with Crippen molar-refractivity contribution in [3.63, 3.8) is 0 Å². The molecule has 0 saturated heterocycles. The summed E-state index contributed by atoms with van der Waals surface area (Å²) in [4.78, 5) is 4.11. The van der Waals surface area contributed by atoms with Gasteiger partial charge in [-0.05, 0) is 31.2 Å². The summed E-state index contributed by atoms with van der Waals surface area (Å²) >= 11 is 0. The number of nitrogens with one attached hydrogen (secondary N) is 1. The minimum Gasteiger partial charge on any atom is -0.306 e. The van der Waals surface area contributed by atoms with E-state index in [1.807, 2.05) is 29.8 Å². The predicted molar refractivity (Wildman–Crippen MR) is 53.0 cm³/mol. The van der Waals surface area contributed by atoms with E-state index in [1.165, 1.54) is 0 Å². The van der Waals surface area contributed by atoms with E-state index < -0.39 is 0 Å². The van der Waals surface area contributed by atoms with Crippen LogP contribution in [0.25, 0.3) is 5.69 Å². The van der Waals surface area contributed by atoms with Crippen LogP contribution >= 0.6 is 0 Å². The molecular weight excluding hydrogens is 181 g/mol. The number of nitrogens with zero attached hydrogens (tertiary/aromatic N) is 2. The lowest BCUT2D eigenvalue weighted by molar-refractivity contribution is 0.618. The van der Waals surface area contributed by atoms with Crippen LogP contribution in [0, 0.1) is 6.92 Å². The second kappa shape index (κ2) is 3.49. The smallest absolute Gasteiger partial charge is 0.0995 e. The van der Waals surface area contributed by atoms with Crippen molar-refractivity contribution in [2.45, 2.75) is 6.92 Å². The number of rotatable bonds is 2. The molecule has 0 bridgehead atoms. The van der Waals surface area contributed by atoms with Crippen LogP contribution < -0.4 is 5.54 Å². The minimum atomic E-state index is 0.450. The maximum atomic E-state index is 12.0. The van der Waals surface area contributed by atoms with Crippen LogP contribution in [0.15, 0.2) is 36.8 Å². The molecule has 0 saturated carbocycles. The Labute approximate surface area is 81.1 Å². The Balaban J connectivity index is 2.33. The lowest BCUT2D eigenvalue weighted by atomic mass is 10.3. The van der Waals surface area contributed by atoms with Crippen molar-refractivity contribution >= 4 is 5.69 Å². The Bertz CT molecular complexity index is 419. The summed E-state index contributed by atoms with van der Waals surface area (Å²) in [5.41, 5.74) is 3.95. The van der Waals surface area contributed by atoms with E-state index in [0.717, 1.165) is 11.4 Å². The quantitative estimate of drug-likeness (QED) is 0.739. The molecule has 0 atom stereocenters. The first-order valence-electron chi connectivity index (χ1n) is 4.27. The largest absolute Gasteiger partial charge is 0.306 e. The van der Waals surface area contributed by atoms with Crippen LogP contribution in [0.5, 0.6) is 0 Å². The molecule has 0 unspecified atom stereocenters. The first-order chi connectivity index (χ1) is 6.79. The average Bonchev–Trinajstić information content (AvgIpc) is 2.65. The van der Waals surface area contributed by atoms with E-state index >= 15 is 0 Å². The summed E-state index contributed by atoms with van der Waals surface area (Å²) < 4.78 is 13.9. The summed E-state index contributed by atoms with van der Waals surface area (Å²) in [6.45, 7) is 1.92. The molecule has 4 heteroatoms. The van der Waals surface area contributed by atoms with Crippen LogP contribution in [0.4, 0.5) is 10.2 Å². The van der Waals surface area contributed by atoms with Gasteiger partial charge in [-0.25, -0.2) is 10.5 Å². The van der Waals surface area contributed by atoms with Crippen molar-refractivity contribution < 1.29 is 4.48 Å². The molecule has 0 amide bonds. The SMILES string of the molecule is Cc1cn(-c2ccc(NF)cc2)cn1. The van der Waals surface area contributed by atoms with E-state index in [2.05, 4.69) is 4.98 Å². The van der Waals surface area contributed by atoms with Gasteiger partial charge >= 0.3 is 0 Å². The monoisotopic (exact) mass is 191 g/mol. The van der Waals surface area contributed by atoms with Gasteiger partial charge in [0.2, 0.25) is 0 Å². The van der Waals surface area contributed by atoms with E-state index in [4.69, 9.17) is 0 Å². The molecule has 2 rings (SSSR count). The maximum Gasteiger partial charge on any atom is 0.0995 e. The molecule has 0 fully saturated rings. The van der Waals surface area contributed by atoms with Gasteiger partial charge in [0.25, 0.3) is 0 Å². The molecule has 2 aromatic rings. The first-order valence-corrected chi connectivity index (χ1v) is 4.27. The van der Waals surface area contributed by atoms with Gasteiger partial charge in [0, 0.05) is 11.9 Å². The number of imidazole rings is 1. The van der Waals surface area contributed by atoms with Crippen molar-refractivity contribution in [2.24, 2.45) is 0 Å². The fraction of sp³-hybridized carbons (Fsp3) is 0.100. The number of halogens is 1. The number of hydrogen-bond acceptors (Lipinski definition) is 2. The number of benzene rings is 1. The van der Waals surface area contributed by atoms with Gasteiger partial charge in [0.1, 0.15) is 0 Å². The second-order valence-corrected chi connectivity index (χ2v) is 3.06. The molecule has 1 N–H and O–H groups in total. The molecule has 1 aromatic carbocycles. The zero-order chi connectivity index (χ0) is 9.97. The predicted octanol–water partition coefficient (Wildman–Crippen LogP) is 2.48. The van der Waals surface area contributed by atoms with Gasteiger partial charge in [-0.2, -0.15) is 0 Å². The van der Waals surface area contributed by atoms with Crippen molar-refractivity contribution in [2.75, 3.05) is 5.54 Å². The van der Waals surface area contributed by atoms with Crippen LogP contribution in [0.3, 0.4) is 0 Å². The Morgan fingerprint density at radius 2 is 2.00 bits per heavy atom. The third-order valence-electron chi connectivity index (χ3n) is 1.99. The zero-order valence-corrected chi connectivity index (χ0v) is 7.74. The third-order valence-corrected chi connectivity index (χ3v) is 1.99. The second-order valence-electron chi connectivity index (χ2n) is 3.06. The number of aromatic nitrogens is 2. The highest BCUT2D eigenvalue weighted by Crippen LogP contribution is 2.13. The molecule has 0 spiro atoms. The maximum absolute atomic E-state index is 12.0. The standard InChI is InChI=1S/C10H10FN3/c1-8-6-14(7-12-8)10-4-2-9(13-11)3-5-10/h2-7,13H,1H3. The Kier molecular flexibility index (Phi) is 2.18. The molecule has 72 valence electrons. The fourth-order valence-corrected chi connectivity index (χ4v) is 1.26. The van der Waals surface area contributed by atoms with Crippen LogP contribution in [0.1, 0.15) is 5.69 Å². The van der Waals surface area contributed by atoms with E-state index in [-0.39, 0.29) is 0 Å². The first kappa shape index (κ1) is 8.74. The summed E-state index contributed by atoms with van der Waals surface area (Å²) in [6, 6.07) is 6.99. The summed E-state index contributed by atoms with van der Waals surface area (Å²) in [5.74, 6) is 0. The van der Waals surface area contributed by atoms with E-state index in [0.29, 0.717) is 5.69 Å². The van der Waals surface area contributed by atoms with Gasteiger partial charge < -0.3 is 4.57 Å². The zero-order valence-electron chi connectivity index (χ0n) is 7.74. The van der Waals surface area contributed by atoms with Crippen LogP contribution in [-0.2, 0) is 0 Å². The average molecular weight is 191 g/mol. The minimum absolute atomic E-state index is 0.450. The third kappa shape index (κ3) is 1.59. The normalized spacial score (nSPS) is 10.1. The van der Waals surface area contributed by atoms with E-state index in [1.54, 1.807) is 24.0 Å². The van der Waals surface area contributed by atoms with Crippen LogP contribution in [-0.4, -0.2) is 9.55 Å². The van der Waals surface area contributed by atoms with Gasteiger partial charge in [-0.15, -0.1) is 4.48 Å². The van der Waals surface area contributed by atoms with Crippen molar-refractivity contribution in [1.82, 2.24) is 9.55 Å². The highest BCUT2D eigenvalue weighted by molar-refractivity contribution is 5.47. The molecule has 0 aliphatic heterocycles. The van der Waals surface area contributed by atoms with E-state index in [9.17, 15) is 4.48 Å². The highest BCUT2D eigenvalue weighted by atomic mass is 19.2. The lowest BCUT2D eigenvalue weighted by Crippen LogP contribution is -1.90. The van der Waals surface area contributed by atoms with Gasteiger partial charge in [0.05, 0.1) is 17.7 Å². The van der Waals surface area contributed by atoms with Gasteiger partial charge in [-0.1, -0.05) is 0 Å². The van der Waals surface area contributed by atoms with Crippen molar-refractivity contribution in [3.05, 3.63) is 42.5 Å². The molecule has 3 nitrogen and oxygen atoms in total. The Morgan fingerprint density at radius 3 is 2.50 bits per heavy atom. The topological polar surface area (TPSA) is 29.9 Å². The van der Waals surface area contributed by atoms with Crippen LogP contribution in [0.2, 0.25) is 0 Å². The Morgan fingerprint density at radius 1 is 1.29 bits per heavy atom. The highest BCUT2D eigenvalue weighted by Gasteiger charge is 1.97. The molecular formula is C10H10FN3. The molecule has 1 aromatic heterocycles. The molecule has 1 heterocycles. The lowest BCUT2D eigenvalue weighted by Gasteiger charge is -2.02. The van der Waals surface area contributed by atoms with Crippen molar-refractivity contribution in [3.8, 4) is 5.69 Å². The molecule has 14 heavy (non-hydrogen) atoms. The number of anilines is 1. The Hall–Kier alpha value is -1.84. The molecule has 0 radical (unpaired) electrons. The van der Waals surface area contributed by atoms with Gasteiger partial charge in [0.15, 0.2) is 0 Å². The summed E-state index contributed by atoms with van der Waals surface area (Å²) in [7, 11) is 0. The van der Waals surface area contributed by atoms with Crippen molar-refractivity contribution in [1.29, 1.82) is 0 Å². The molecule has 0 aliphatic carbocycles. The number of hydrogen-bond donors (Lipinski definition) is 1. The summed E-state index contributed by atoms with van der Waals surface area (Å²) in [6.07, 6.45) is 3.64. The fourth-order valence-electron chi connectivity index (χ4n) is 1.26.